The number of rotatable bonds is 6. The second-order valence-electron chi connectivity index (χ2n) is 3.39. The zero-order valence-corrected chi connectivity index (χ0v) is 11.2. The van der Waals surface area contributed by atoms with Crippen LogP contribution < -0.4 is 4.90 Å². The van der Waals surface area contributed by atoms with E-state index in [0.717, 1.165) is 29.5 Å². The summed E-state index contributed by atoms with van der Waals surface area (Å²) in [5.41, 5.74) is 1.66. The average Bonchev–Trinajstić information content (AvgIpc) is 2.30. The summed E-state index contributed by atoms with van der Waals surface area (Å²) in [6.07, 6.45) is 0.886. The predicted molar refractivity (Wildman–Crippen MR) is 69.3 cm³/mol. The van der Waals surface area contributed by atoms with Crippen molar-refractivity contribution in [2.45, 2.75) is 6.92 Å². The van der Waals surface area contributed by atoms with Crippen molar-refractivity contribution in [1.82, 2.24) is 0 Å². The molecule has 4 heteroatoms. The number of nitrogens with zero attached hydrogens (tertiary/aromatic N) is 1. The molecular formula is C12H16BrNO2. The maximum atomic E-state index is 11.0. The van der Waals surface area contributed by atoms with Crippen LogP contribution in [0.1, 0.15) is 17.3 Å². The second kappa shape index (κ2) is 6.66. The standard InChI is InChI=1S/C12H16BrNO2/c1-3-14(6-7-16-2)12-8-11(13)5-4-10(12)9-15/h4-5,8-9H,3,6-7H2,1-2H3. The first-order valence-electron chi connectivity index (χ1n) is 5.21. The molecule has 0 aromatic heterocycles. The predicted octanol–water partition coefficient (Wildman–Crippen LogP) is 2.73. The molecule has 0 aliphatic carbocycles. The van der Waals surface area contributed by atoms with Crippen LogP contribution >= 0.6 is 15.9 Å². The Balaban J connectivity index is 2.97. The van der Waals surface area contributed by atoms with Gasteiger partial charge in [0.1, 0.15) is 0 Å². The lowest BCUT2D eigenvalue weighted by molar-refractivity contribution is 0.112. The molecule has 0 N–H and O–H groups in total. The molecule has 1 rings (SSSR count). The van der Waals surface area contributed by atoms with Gasteiger partial charge in [-0.3, -0.25) is 4.79 Å². The summed E-state index contributed by atoms with van der Waals surface area (Å²) in [5, 5.41) is 0. The van der Waals surface area contributed by atoms with E-state index in [9.17, 15) is 4.79 Å². The molecule has 3 nitrogen and oxygen atoms in total. The Bertz CT molecular complexity index is 355. The van der Waals surface area contributed by atoms with Gasteiger partial charge in [0.05, 0.1) is 6.61 Å². The highest BCUT2D eigenvalue weighted by atomic mass is 79.9. The number of benzene rings is 1. The topological polar surface area (TPSA) is 29.5 Å². The van der Waals surface area contributed by atoms with E-state index in [1.807, 2.05) is 18.2 Å². The van der Waals surface area contributed by atoms with Crippen LogP contribution in [-0.2, 0) is 4.74 Å². The summed E-state index contributed by atoms with van der Waals surface area (Å²) in [6.45, 7) is 4.34. The maximum absolute atomic E-state index is 11.0. The van der Waals surface area contributed by atoms with Gasteiger partial charge in [0.15, 0.2) is 6.29 Å². The van der Waals surface area contributed by atoms with Crippen LogP contribution in [0, 0.1) is 0 Å². The van der Waals surface area contributed by atoms with Crippen molar-refractivity contribution in [3.63, 3.8) is 0 Å². The lowest BCUT2D eigenvalue weighted by Gasteiger charge is -2.24. The van der Waals surface area contributed by atoms with Crippen LogP contribution in [0.15, 0.2) is 22.7 Å². The van der Waals surface area contributed by atoms with E-state index in [1.165, 1.54) is 0 Å². The number of ether oxygens (including phenoxy) is 1. The first-order chi connectivity index (χ1) is 7.72. The van der Waals surface area contributed by atoms with Crippen molar-refractivity contribution < 1.29 is 9.53 Å². The monoisotopic (exact) mass is 285 g/mol. The molecule has 0 atom stereocenters. The van der Waals surface area contributed by atoms with Crippen LogP contribution in [0.2, 0.25) is 0 Å². The van der Waals surface area contributed by atoms with Crippen molar-refractivity contribution in [3.05, 3.63) is 28.2 Å². The minimum atomic E-state index is 0.651. The van der Waals surface area contributed by atoms with Gasteiger partial charge in [-0.15, -0.1) is 0 Å². The molecule has 1 aromatic carbocycles. The highest BCUT2D eigenvalue weighted by Crippen LogP contribution is 2.23. The van der Waals surface area contributed by atoms with Gasteiger partial charge in [0.2, 0.25) is 0 Å². The molecule has 0 spiro atoms. The molecular weight excluding hydrogens is 270 g/mol. The van der Waals surface area contributed by atoms with E-state index in [-0.39, 0.29) is 0 Å². The normalized spacial score (nSPS) is 10.2. The molecule has 0 amide bonds. The van der Waals surface area contributed by atoms with Gasteiger partial charge in [0.25, 0.3) is 0 Å². The number of hydrogen-bond acceptors (Lipinski definition) is 3. The summed E-state index contributed by atoms with van der Waals surface area (Å²) < 4.78 is 6.03. The van der Waals surface area contributed by atoms with Gasteiger partial charge in [-0.05, 0) is 25.1 Å². The van der Waals surface area contributed by atoms with Crippen molar-refractivity contribution in [2.24, 2.45) is 0 Å². The van der Waals surface area contributed by atoms with E-state index >= 15 is 0 Å². The van der Waals surface area contributed by atoms with E-state index in [4.69, 9.17) is 4.74 Å². The minimum absolute atomic E-state index is 0.651. The van der Waals surface area contributed by atoms with Crippen molar-refractivity contribution in [3.8, 4) is 0 Å². The van der Waals surface area contributed by atoms with Gasteiger partial charge in [-0.2, -0.15) is 0 Å². The van der Waals surface area contributed by atoms with Gasteiger partial charge in [0, 0.05) is 35.9 Å². The highest BCUT2D eigenvalue weighted by molar-refractivity contribution is 9.10. The number of halogens is 1. The van der Waals surface area contributed by atoms with Crippen molar-refractivity contribution in [1.29, 1.82) is 0 Å². The van der Waals surface area contributed by atoms with Gasteiger partial charge >= 0.3 is 0 Å². The second-order valence-corrected chi connectivity index (χ2v) is 4.31. The van der Waals surface area contributed by atoms with Crippen LogP contribution in [0.25, 0.3) is 0 Å². The van der Waals surface area contributed by atoms with Crippen LogP contribution in [0.4, 0.5) is 5.69 Å². The molecule has 0 saturated heterocycles. The SMILES string of the molecule is CCN(CCOC)c1cc(Br)ccc1C=O. The molecule has 0 fully saturated rings. The minimum Gasteiger partial charge on any atom is -0.383 e. The van der Waals surface area contributed by atoms with Gasteiger partial charge in [-0.1, -0.05) is 15.9 Å². The number of carbonyl (C=O) groups is 1. The lowest BCUT2D eigenvalue weighted by atomic mass is 10.1. The quantitative estimate of drug-likeness (QED) is 0.753. The summed E-state index contributed by atoms with van der Waals surface area (Å²) in [6, 6.07) is 5.65. The fourth-order valence-electron chi connectivity index (χ4n) is 1.54. The smallest absolute Gasteiger partial charge is 0.152 e. The van der Waals surface area contributed by atoms with E-state index in [2.05, 4.69) is 27.8 Å². The zero-order valence-electron chi connectivity index (χ0n) is 9.57. The van der Waals surface area contributed by atoms with Crippen LogP contribution in [0.3, 0.4) is 0 Å². The third-order valence-corrected chi connectivity index (χ3v) is 2.90. The first-order valence-corrected chi connectivity index (χ1v) is 6.00. The third kappa shape index (κ3) is 3.32. The van der Waals surface area contributed by atoms with Gasteiger partial charge < -0.3 is 9.64 Å². The van der Waals surface area contributed by atoms with Gasteiger partial charge in [-0.25, -0.2) is 0 Å². The Hall–Kier alpha value is -0.870. The largest absolute Gasteiger partial charge is 0.383 e. The summed E-state index contributed by atoms with van der Waals surface area (Å²) in [7, 11) is 1.68. The van der Waals surface area contributed by atoms with Crippen molar-refractivity contribution in [2.75, 3.05) is 31.7 Å². The molecule has 0 aliphatic heterocycles. The Morgan fingerprint density at radius 2 is 2.25 bits per heavy atom. The zero-order chi connectivity index (χ0) is 12.0. The summed E-state index contributed by atoms with van der Waals surface area (Å²) in [4.78, 5) is 13.1. The number of aldehydes is 1. The Morgan fingerprint density at radius 1 is 1.50 bits per heavy atom. The molecule has 1 aromatic rings. The number of methoxy groups -OCH3 is 1. The molecule has 0 aliphatic rings. The highest BCUT2D eigenvalue weighted by Gasteiger charge is 2.09. The molecule has 0 heterocycles. The fourth-order valence-corrected chi connectivity index (χ4v) is 1.89. The van der Waals surface area contributed by atoms with E-state index < -0.39 is 0 Å². The van der Waals surface area contributed by atoms with Crippen molar-refractivity contribution >= 4 is 27.9 Å². The molecule has 88 valence electrons. The third-order valence-electron chi connectivity index (χ3n) is 2.41. The molecule has 0 radical (unpaired) electrons. The first kappa shape index (κ1) is 13.2. The van der Waals surface area contributed by atoms with Crippen LogP contribution in [0.5, 0.6) is 0 Å². The molecule has 0 unspecified atom stereocenters. The number of anilines is 1. The maximum Gasteiger partial charge on any atom is 0.152 e. The summed E-state index contributed by atoms with van der Waals surface area (Å²) in [5.74, 6) is 0. The summed E-state index contributed by atoms with van der Waals surface area (Å²) >= 11 is 3.42. The van der Waals surface area contributed by atoms with Crippen LogP contribution in [-0.4, -0.2) is 33.1 Å². The lowest BCUT2D eigenvalue weighted by Crippen LogP contribution is -2.27. The molecule has 0 saturated carbocycles. The Morgan fingerprint density at radius 3 is 2.81 bits per heavy atom. The fraction of sp³-hybridized carbons (Fsp3) is 0.417. The molecule has 16 heavy (non-hydrogen) atoms. The average molecular weight is 286 g/mol. The number of hydrogen-bond donors (Lipinski definition) is 0. The molecule has 0 bridgehead atoms. The number of likely N-dealkylation sites (N-methyl/N-ethyl adjacent to an activating group) is 1. The number of carbonyl (C=O) groups excluding carboxylic acids is 1. The van der Waals surface area contributed by atoms with E-state index in [1.54, 1.807) is 7.11 Å². The van der Waals surface area contributed by atoms with E-state index in [0.29, 0.717) is 12.2 Å². The Labute approximate surface area is 105 Å². The Kier molecular flexibility index (Phi) is 5.49.